The Kier molecular flexibility index (Phi) is 4.66. The first-order chi connectivity index (χ1) is 12.6. The molecule has 0 saturated heterocycles. The molecule has 1 heterocycles. The number of nitrogens with zero attached hydrogens (tertiary/aromatic N) is 2. The minimum Gasteiger partial charge on any atom is -0.257 e. The molecule has 4 rings (SSSR count). The van der Waals surface area contributed by atoms with Crippen LogP contribution in [0.2, 0.25) is 10.0 Å². The van der Waals surface area contributed by atoms with Crippen molar-refractivity contribution >= 4 is 34.6 Å². The number of hydrazone groups is 1. The predicted molar refractivity (Wildman–Crippen MR) is 106 cm³/mol. The molecule has 0 amide bonds. The first-order valence-electron chi connectivity index (χ1n) is 8.24. The average Bonchev–Trinajstić information content (AvgIpc) is 3.08. The van der Waals surface area contributed by atoms with Crippen LogP contribution in [0.5, 0.6) is 0 Å². The molecule has 1 atom stereocenters. The molecule has 3 aromatic carbocycles. The van der Waals surface area contributed by atoms with Crippen LogP contribution in [0.4, 0.5) is 10.1 Å². The highest BCUT2D eigenvalue weighted by Crippen LogP contribution is 2.37. The number of halogens is 3. The highest BCUT2D eigenvalue weighted by Gasteiger charge is 2.30. The van der Waals surface area contributed by atoms with Gasteiger partial charge in [0.2, 0.25) is 0 Å². The van der Waals surface area contributed by atoms with Gasteiger partial charge in [-0.2, -0.15) is 5.10 Å². The maximum absolute atomic E-state index is 13.3. The molecular weight excluding hydrogens is 370 g/mol. The third-order valence-electron chi connectivity index (χ3n) is 4.42. The highest BCUT2D eigenvalue weighted by molar-refractivity contribution is 6.31. The van der Waals surface area contributed by atoms with E-state index in [2.05, 4.69) is 0 Å². The van der Waals surface area contributed by atoms with Crippen LogP contribution in [0.3, 0.4) is 0 Å². The lowest BCUT2D eigenvalue weighted by Gasteiger charge is -2.24. The van der Waals surface area contributed by atoms with Gasteiger partial charge in [0.25, 0.3) is 0 Å². The summed E-state index contributed by atoms with van der Waals surface area (Å²) in [5.41, 5.74) is 3.84. The molecular formula is C21H15Cl2FN2. The second-order valence-electron chi connectivity index (χ2n) is 6.15. The second-order valence-corrected chi connectivity index (χ2v) is 7.02. The fraction of sp³-hybridized carbons (Fsp3) is 0.0952. The van der Waals surface area contributed by atoms with Crippen LogP contribution in [0, 0.1) is 5.82 Å². The Bertz CT molecular complexity index is 953. The molecule has 0 spiro atoms. The molecule has 0 unspecified atom stereocenters. The summed E-state index contributed by atoms with van der Waals surface area (Å²) in [5, 5.41) is 8.13. The summed E-state index contributed by atoms with van der Waals surface area (Å²) in [6.07, 6.45) is 0.708. The van der Waals surface area contributed by atoms with Crippen LogP contribution in [-0.4, -0.2) is 5.71 Å². The van der Waals surface area contributed by atoms with E-state index in [1.165, 1.54) is 12.1 Å². The fourth-order valence-electron chi connectivity index (χ4n) is 3.13. The van der Waals surface area contributed by atoms with Gasteiger partial charge in [-0.05, 0) is 53.6 Å². The van der Waals surface area contributed by atoms with Gasteiger partial charge in [0.1, 0.15) is 5.82 Å². The van der Waals surface area contributed by atoms with Gasteiger partial charge in [-0.15, -0.1) is 0 Å². The predicted octanol–water partition coefficient (Wildman–Crippen LogP) is 6.49. The normalized spacial score (nSPS) is 16.7. The van der Waals surface area contributed by atoms with Crippen molar-refractivity contribution in [3.63, 3.8) is 0 Å². The monoisotopic (exact) mass is 384 g/mol. The van der Waals surface area contributed by atoms with Gasteiger partial charge in [-0.1, -0.05) is 53.5 Å². The van der Waals surface area contributed by atoms with E-state index < -0.39 is 0 Å². The quantitative estimate of drug-likeness (QED) is 0.503. The van der Waals surface area contributed by atoms with E-state index in [1.807, 2.05) is 53.5 Å². The molecule has 130 valence electrons. The van der Waals surface area contributed by atoms with E-state index >= 15 is 0 Å². The summed E-state index contributed by atoms with van der Waals surface area (Å²) in [4.78, 5) is 0. The van der Waals surface area contributed by atoms with Crippen LogP contribution >= 0.6 is 23.2 Å². The van der Waals surface area contributed by atoms with Gasteiger partial charge >= 0.3 is 0 Å². The van der Waals surface area contributed by atoms with Gasteiger partial charge < -0.3 is 0 Å². The lowest BCUT2D eigenvalue weighted by Crippen LogP contribution is -2.18. The van der Waals surface area contributed by atoms with Gasteiger partial charge in [-0.3, -0.25) is 5.01 Å². The van der Waals surface area contributed by atoms with Crippen molar-refractivity contribution in [1.82, 2.24) is 0 Å². The molecule has 0 bridgehead atoms. The van der Waals surface area contributed by atoms with Crippen molar-refractivity contribution < 1.29 is 4.39 Å². The summed E-state index contributed by atoms with van der Waals surface area (Å²) in [5.74, 6) is -0.256. The van der Waals surface area contributed by atoms with E-state index in [1.54, 1.807) is 12.1 Å². The van der Waals surface area contributed by atoms with Gasteiger partial charge in [0, 0.05) is 16.5 Å². The average molecular weight is 385 g/mol. The molecule has 0 aromatic heterocycles. The Labute approximate surface area is 161 Å². The molecule has 1 aliphatic rings. The molecule has 5 heteroatoms. The summed E-state index contributed by atoms with van der Waals surface area (Å²) >= 11 is 12.2. The molecule has 0 radical (unpaired) electrons. The zero-order chi connectivity index (χ0) is 18.1. The number of hydrogen-bond donors (Lipinski definition) is 0. The summed E-state index contributed by atoms with van der Waals surface area (Å²) in [7, 11) is 0. The zero-order valence-corrected chi connectivity index (χ0v) is 15.3. The topological polar surface area (TPSA) is 15.6 Å². The summed E-state index contributed by atoms with van der Waals surface area (Å²) in [6, 6.07) is 21.8. The number of benzene rings is 3. The largest absolute Gasteiger partial charge is 0.257 e. The van der Waals surface area contributed by atoms with E-state index in [4.69, 9.17) is 28.3 Å². The van der Waals surface area contributed by atoms with Gasteiger partial charge in [-0.25, -0.2) is 4.39 Å². The Morgan fingerprint density at radius 3 is 2.31 bits per heavy atom. The van der Waals surface area contributed by atoms with E-state index in [0.717, 1.165) is 22.5 Å². The van der Waals surface area contributed by atoms with Crippen molar-refractivity contribution in [3.8, 4) is 0 Å². The maximum atomic E-state index is 13.3. The maximum Gasteiger partial charge on any atom is 0.123 e. The van der Waals surface area contributed by atoms with Crippen LogP contribution in [0.25, 0.3) is 0 Å². The first-order valence-corrected chi connectivity index (χ1v) is 8.99. The molecule has 0 aliphatic carbocycles. The lowest BCUT2D eigenvalue weighted by atomic mass is 9.98. The Morgan fingerprint density at radius 1 is 0.885 bits per heavy atom. The Hall–Kier alpha value is -2.36. The fourth-order valence-corrected chi connectivity index (χ4v) is 3.44. The number of rotatable bonds is 3. The molecule has 0 fully saturated rings. The van der Waals surface area contributed by atoms with Crippen molar-refractivity contribution in [2.75, 3.05) is 5.01 Å². The Morgan fingerprint density at radius 2 is 1.62 bits per heavy atom. The minimum absolute atomic E-state index is 0.0192. The molecule has 0 N–H and O–H groups in total. The van der Waals surface area contributed by atoms with E-state index in [0.29, 0.717) is 16.5 Å². The summed E-state index contributed by atoms with van der Waals surface area (Å²) < 4.78 is 13.3. The zero-order valence-electron chi connectivity index (χ0n) is 13.7. The number of hydrogen-bond acceptors (Lipinski definition) is 2. The van der Waals surface area contributed by atoms with Crippen LogP contribution in [-0.2, 0) is 0 Å². The van der Waals surface area contributed by atoms with Crippen molar-refractivity contribution in [2.24, 2.45) is 5.10 Å². The van der Waals surface area contributed by atoms with Gasteiger partial charge in [0.15, 0.2) is 0 Å². The van der Waals surface area contributed by atoms with Crippen LogP contribution in [0.1, 0.15) is 23.6 Å². The third kappa shape index (κ3) is 3.46. The smallest absolute Gasteiger partial charge is 0.123 e. The van der Waals surface area contributed by atoms with E-state index in [-0.39, 0.29) is 11.9 Å². The van der Waals surface area contributed by atoms with Crippen molar-refractivity contribution in [1.29, 1.82) is 0 Å². The van der Waals surface area contributed by atoms with Crippen molar-refractivity contribution in [3.05, 3.63) is 99.8 Å². The molecule has 0 saturated carbocycles. The highest BCUT2D eigenvalue weighted by atomic mass is 35.5. The molecule has 3 aromatic rings. The number of anilines is 1. The molecule has 1 aliphatic heterocycles. The van der Waals surface area contributed by atoms with Crippen LogP contribution < -0.4 is 5.01 Å². The third-order valence-corrected chi connectivity index (χ3v) is 4.90. The SMILES string of the molecule is Fc1ccc(C2=NN(c3cccc(Cl)c3)[C@H](c3ccc(Cl)cc3)C2)cc1. The lowest BCUT2D eigenvalue weighted by molar-refractivity contribution is 0.627. The minimum atomic E-state index is -0.256. The second kappa shape index (κ2) is 7.10. The molecule has 2 nitrogen and oxygen atoms in total. The van der Waals surface area contributed by atoms with Crippen LogP contribution in [0.15, 0.2) is 77.9 Å². The van der Waals surface area contributed by atoms with Gasteiger partial charge in [0.05, 0.1) is 17.4 Å². The Balaban J connectivity index is 1.75. The summed E-state index contributed by atoms with van der Waals surface area (Å²) in [6.45, 7) is 0. The first kappa shape index (κ1) is 17.1. The van der Waals surface area contributed by atoms with Crippen molar-refractivity contribution in [2.45, 2.75) is 12.5 Å². The standard InChI is InChI=1S/C21H15Cl2FN2/c22-16-8-4-15(5-9-16)21-13-20(14-6-10-18(24)11-7-14)25-26(21)19-3-1-2-17(23)12-19/h1-12,21H,13H2/t21-/m0/s1. The van der Waals surface area contributed by atoms with E-state index in [9.17, 15) is 4.39 Å². The molecule has 26 heavy (non-hydrogen) atoms.